The van der Waals surface area contributed by atoms with Gasteiger partial charge < -0.3 is 20.2 Å². The molecular formula is C19H31N3O. The van der Waals surface area contributed by atoms with Crippen LogP contribution in [0.4, 0.5) is 5.69 Å². The number of nitrogens with zero attached hydrogens (tertiary/aromatic N) is 2. The van der Waals surface area contributed by atoms with Gasteiger partial charge in [-0.25, -0.2) is 0 Å². The predicted molar refractivity (Wildman–Crippen MR) is 95.9 cm³/mol. The highest BCUT2D eigenvalue weighted by atomic mass is 16.3. The molecule has 2 aliphatic rings. The SMILES string of the molecule is CCN1CCN(c2ccccc2CNC2CCC(O)CC2)CC1. The molecule has 0 amide bonds. The van der Waals surface area contributed by atoms with Crippen molar-refractivity contribution in [2.45, 2.75) is 51.3 Å². The Morgan fingerprint density at radius 1 is 1.04 bits per heavy atom. The summed E-state index contributed by atoms with van der Waals surface area (Å²) in [6.45, 7) is 8.92. The second-order valence-corrected chi connectivity index (χ2v) is 6.94. The van der Waals surface area contributed by atoms with Crippen LogP contribution in [0.25, 0.3) is 0 Å². The minimum absolute atomic E-state index is 0.0739. The van der Waals surface area contributed by atoms with Crippen LogP contribution in [0, 0.1) is 0 Å². The molecule has 2 N–H and O–H groups in total. The molecule has 4 heteroatoms. The fourth-order valence-corrected chi connectivity index (χ4v) is 3.81. The zero-order chi connectivity index (χ0) is 16.1. The van der Waals surface area contributed by atoms with Crippen LogP contribution in [0.3, 0.4) is 0 Å². The number of para-hydroxylation sites is 1. The molecule has 3 rings (SSSR count). The fraction of sp³-hybridized carbons (Fsp3) is 0.684. The lowest BCUT2D eigenvalue weighted by Crippen LogP contribution is -2.46. The van der Waals surface area contributed by atoms with E-state index in [0.717, 1.165) is 51.9 Å². The first-order valence-electron chi connectivity index (χ1n) is 9.23. The second kappa shape index (κ2) is 8.13. The van der Waals surface area contributed by atoms with Crippen molar-refractivity contribution in [1.82, 2.24) is 10.2 Å². The van der Waals surface area contributed by atoms with Gasteiger partial charge in [-0.2, -0.15) is 0 Å². The van der Waals surface area contributed by atoms with Crippen molar-refractivity contribution >= 4 is 5.69 Å². The molecule has 1 heterocycles. The first-order chi connectivity index (χ1) is 11.3. The Morgan fingerprint density at radius 2 is 1.74 bits per heavy atom. The summed E-state index contributed by atoms with van der Waals surface area (Å²) in [6.07, 6.45) is 4.00. The number of piperazine rings is 1. The van der Waals surface area contributed by atoms with Gasteiger partial charge in [0.2, 0.25) is 0 Å². The van der Waals surface area contributed by atoms with Crippen molar-refractivity contribution in [2.75, 3.05) is 37.6 Å². The molecule has 4 nitrogen and oxygen atoms in total. The molecule has 128 valence electrons. The van der Waals surface area contributed by atoms with Crippen LogP contribution in [0.15, 0.2) is 24.3 Å². The molecule has 0 bridgehead atoms. The number of aliphatic hydroxyl groups is 1. The maximum Gasteiger partial charge on any atom is 0.0541 e. The third kappa shape index (κ3) is 4.46. The molecule has 1 aromatic carbocycles. The number of aliphatic hydroxyl groups excluding tert-OH is 1. The Balaban J connectivity index is 1.57. The van der Waals surface area contributed by atoms with Gasteiger partial charge in [-0.15, -0.1) is 0 Å². The number of benzene rings is 1. The first kappa shape index (κ1) is 16.7. The second-order valence-electron chi connectivity index (χ2n) is 6.94. The molecule has 1 aromatic rings. The average Bonchev–Trinajstić information content (AvgIpc) is 2.62. The lowest BCUT2D eigenvalue weighted by Gasteiger charge is -2.36. The van der Waals surface area contributed by atoms with E-state index >= 15 is 0 Å². The van der Waals surface area contributed by atoms with E-state index in [2.05, 4.69) is 46.3 Å². The van der Waals surface area contributed by atoms with E-state index in [0.29, 0.717) is 6.04 Å². The summed E-state index contributed by atoms with van der Waals surface area (Å²) in [7, 11) is 0. The van der Waals surface area contributed by atoms with Crippen LogP contribution in [-0.4, -0.2) is 54.9 Å². The fourth-order valence-electron chi connectivity index (χ4n) is 3.81. The van der Waals surface area contributed by atoms with Gasteiger partial charge in [-0.05, 0) is 43.9 Å². The summed E-state index contributed by atoms with van der Waals surface area (Å²) in [5.74, 6) is 0. The van der Waals surface area contributed by atoms with Crippen LogP contribution in [-0.2, 0) is 6.54 Å². The van der Waals surface area contributed by atoms with Crippen LogP contribution in [0.1, 0.15) is 38.2 Å². The van der Waals surface area contributed by atoms with Crippen LogP contribution in [0.2, 0.25) is 0 Å². The molecule has 1 aliphatic carbocycles. The summed E-state index contributed by atoms with van der Waals surface area (Å²) in [5, 5.41) is 13.3. The van der Waals surface area contributed by atoms with Crippen molar-refractivity contribution in [2.24, 2.45) is 0 Å². The Labute approximate surface area is 140 Å². The monoisotopic (exact) mass is 317 g/mol. The van der Waals surface area contributed by atoms with Gasteiger partial charge >= 0.3 is 0 Å². The van der Waals surface area contributed by atoms with E-state index in [1.54, 1.807) is 0 Å². The van der Waals surface area contributed by atoms with Gasteiger partial charge in [-0.3, -0.25) is 0 Å². The van der Waals surface area contributed by atoms with Crippen LogP contribution >= 0.6 is 0 Å². The number of hydrogen-bond donors (Lipinski definition) is 2. The van der Waals surface area contributed by atoms with Gasteiger partial charge in [0.25, 0.3) is 0 Å². The molecule has 0 atom stereocenters. The lowest BCUT2D eigenvalue weighted by atomic mass is 9.93. The van der Waals surface area contributed by atoms with Crippen molar-refractivity contribution in [3.63, 3.8) is 0 Å². The molecule has 23 heavy (non-hydrogen) atoms. The smallest absolute Gasteiger partial charge is 0.0541 e. The van der Waals surface area contributed by atoms with E-state index in [9.17, 15) is 5.11 Å². The van der Waals surface area contributed by atoms with Crippen molar-refractivity contribution in [1.29, 1.82) is 0 Å². The summed E-state index contributed by atoms with van der Waals surface area (Å²) in [5.41, 5.74) is 2.80. The molecule has 0 radical (unpaired) electrons. The number of nitrogens with one attached hydrogen (secondary N) is 1. The third-order valence-corrected chi connectivity index (χ3v) is 5.43. The Hall–Kier alpha value is -1.10. The maximum atomic E-state index is 9.63. The molecular weight excluding hydrogens is 286 g/mol. The zero-order valence-corrected chi connectivity index (χ0v) is 14.4. The minimum atomic E-state index is -0.0739. The summed E-state index contributed by atoms with van der Waals surface area (Å²) in [6, 6.07) is 9.38. The quantitative estimate of drug-likeness (QED) is 0.873. The van der Waals surface area contributed by atoms with Gasteiger partial charge in [0.15, 0.2) is 0 Å². The Kier molecular flexibility index (Phi) is 5.92. The molecule has 1 aliphatic heterocycles. The molecule has 0 spiro atoms. The summed E-state index contributed by atoms with van der Waals surface area (Å²) < 4.78 is 0. The van der Waals surface area contributed by atoms with E-state index in [1.165, 1.54) is 24.3 Å². The number of likely N-dealkylation sites (N-methyl/N-ethyl adjacent to an activating group) is 1. The summed E-state index contributed by atoms with van der Waals surface area (Å²) >= 11 is 0. The highest BCUT2D eigenvalue weighted by Crippen LogP contribution is 2.23. The molecule has 1 saturated heterocycles. The zero-order valence-electron chi connectivity index (χ0n) is 14.4. The van der Waals surface area contributed by atoms with E-state index < -0.39 is 0 Å². The average molecular weight is 317 g/mol. The molecule has 0 unspecified atom stereocenters. The van der Waals surface area contributed by atoms with Gasteiger partial charge in [0.1, 0.15) is 0 Å². The van der Waals surface area contributed by atoms with Gasteiger partial charge in [0.05, 0.1) is 6.10 Å². The maximum absolute atomic E-state index is 9.63. The van der Waals surface area contributed by atoms with Crippen molar-refractivity contribution < 1.29 is 5.11 Å². The molecule has 2 fully saturated rings. The molecule has 0 aromatic heterocycles. The largest absolute Gasteiger partial charge is 0.393 e. The highest BCUT2D eigenvalue weighted by Gasteiger charge is 2.20. The predicted octanol–water partition coefficient (Wildman–Crippen LogP) is 2.22. The Morgan fingerprint density at radius 3 is 2.43 bits per heavy atom. The minimum Gasteiger partial charge on any atom is -0.393 e. The van der Waals surface area contributed by atoms with Crippen LogP contribution in [0.5, 0.6) is 0 Å². The van der Waals surface area contributed by atoms with Gasteiger partial charge in [0, 0.05) is 44.5 Å². The Bertz CT molecular complexity index is 477. The molecule has 1 saturated carbocycles. The van der Waals surface area contributed by atoms with Crippen LogP contribution < -0.4 is 10.2 Å². The van der Waals surface area contributed by atoms with Crippen molar-refractivity contribution in [3.8, 4) is 0 Å². The van der Waals surface area contributed by atoms with E-state index in [-0.39, 0.29) is 6.10 Å². The van der Waals surface area contributed by atoms with E-state index in [4.69, 9.17) is 0 Å². The standard InChI is InChI=1S/C19H31N3O/c1-2-21-11-13-22(14-12-21)19-6-4-3-5-16(19)15-20-17-7-9-18(23)10-8-17/h3-6,17-18,20,23H,2,7-15H2,1H3. The third-order valence-electron chi connectivity index (χ3n) is 5.43. The lowest BCUT2D eigenvalue weighted by molar-refractivity contribution is 0.116. The van der Waals surface area contributed by atoms with Crippen molar-refractivity contribution in [3.05, 3.63) is 29.8 Å². The first-order valence-corrected chi connectivity index (χ1v) is 9.23. The number of anilines is 1. The van der Waals surface area contributed by atoms with E-state index in [1.807, 2.05) is 0 Å². The highest BCUT2D eigenvalue weighted by molar-refractivity contribution is 5.54. The normalized spacial score (nSPS) is 26.4. The van der Waals surface area contributed by atoms with Gasteiger partial charge in [-0.1, -0.05) is 25.1 Å². The summed E-state index contributed by atoms with van der Waals surface area (Å²) in [4.78, 5) is 5.05. The number of hydrogen-bond acceptors (Lipinski definition) is 4. The topological polar surface area (TPSA) is 38.7 Å². The number of rotatable bonds is 5.